The molecule has 2 aromatic carbocycles. The largest absolute Gasteiger partial charge is 0.488 e. The Morgan fingerprint density at radius 2 is 2.04 bits per heavy atom. The van der Waals surface area contributed by atoms with Crippen LogP contribution in [0.25, 0.3) is 6.08 Å². The Labute approximate surface area is 170 Å². The normalized spacial score (nSPS) is 14.7. The maximum Gasteiger partial charge on any atom is 0.329 e. The van der Waals surface area contributed by atoms with Gasteiger partial charge in [-0.3, -0.25) is 9.69 Å². The first-order chi connectivity index (χ1) is 13.5. The molecular formula is C21H16BrN3O3. The Balaban J connectivity index is 1.74. The predicted octanol–water partition coefficient (Wildman–Crippen LogP) is 3.98. The fourth-order valence-corrected chi connectivity index (χ4v) is 3.18. The molecule has 0 radical (unpaired) electrons. The van der Waals surface area contributed by atoms with Crippen LogP contribution in [0.4, 0.5) is 4.79 Å². The third-order valence-corrected chi connectivity index (χ3v) is 4.68. The van der Waals surface area contributed by atoms with Crippen molar-refractivity contribution in [2.45, 2.75) is 6.61 Å². The van der Waals surface area contributed by atoms with Crippen LogP contribution in [0.2, 0.25) is 0 Å². The van der Waals surface area contributed by atoms with E-state index in [1.54, 1.807) is 36.4 Å². The number of amides is 3. The van der Waals surface area contributed by atoms with E-state index in [1.165, 1.54) is 6.08 Å². The molecule has 1 aliphatic rings. The summed E-state index contributed by atoms with van der Waals surface area (Å²) in [6.07, 6.45) is 3.09. The molecule has 0 unspecified atom stereocenters. The first-order valence-corrected chi connectivity index (χ1v) is 9.18. The topological polar surface area (TPSA) is 82.4 Å². The minimum Gasteiger partial charge on any atom is -0.488 e. The van der Waals surface area contributed by atoms with Gasteiger partial charge in [-0.1, -0.05) is 30.3 Å². The highest BCUT2D eigenvalue weighted by Crippen LogP contribution is 2.28. The zero-order valence-electron chi connectivity index (χ0n) is 14.8. The molecule has 0 saturated carbocycles. The molecule has 0 aromatic heterocycles. The van der Waals surface area contributed by atoms with Crippen LogP contribution in [0.5, 0.6) is 5.75 Å². The van der Waals surface area contributed by atoms with E-state index in [4.69, 9.17) is 10.00 Å². The van der Waals surface area contributed by atoms with Gasteiger partial charge in [-0.05, 0) is 45.8 Å². The number of rotatable bonds is 6. The molecule has 28 heavy (non-hydrogen) atoms. The number of ether oxygens (including phenoxy) is 1. The number of imide groups is 1. The third-order valence-electron chi connectivity index (χ3n) is 4.06. The molecule has 0 atom stereocenters. The highest BCUT2D eigenvalue weighted by Gasteiger charge is 2.32. The van der Waals surface area contributed by atoms with Crippen molar-refractivity contribution >= 4 is 33.9 Å². The van der Waals surface area contributed by atoms with E-state index in [2.05, 4.69) is 33.9 Å². The number of hydrogen-bond acceptors (Lipinski definition) is 4. The second-order valence-corrected chi connectivity index (χ2v) is 6.79. The number of nitriles is 1. The van der Waals surface area contributed by atoms with Crippen LogP contribution in [-0.4, -0.2) is 23.4 Å². The Morgan fingerprint density at radius 1 is 1.25 bits per heavy atom. The summed E-state index contributed by atoms with van der Waals surface area (Å²) >= 11 is 3.45. The predicted molar refractivity (Wildman–Crippen MR) is 108 cm³/mol. The third kappa shape index (κ3) is 4.13. The summed E-state index contributed by atoms with van der Waals surface area (Å²) in [5.41, 5.74) is 2.29. The molecule has 1 N–H and O–H groups in total. The van der Waals surface area contributed by atoms with Crippen LogP contribution in [-0.2, 0) is 11.4 Å². The Bertz CT molecular complexity index is 1020. The van der Waals surface area contributed by atoms with Crippen LogP contribution in [0, 0.1) is 11.3 Å². The van der Waals surface area contributed by atoms with Gasteiger partial charge in [0.05, 0.1) is 16.1 Å². The van der Waals surface area contributed by atoms with Crippen molar-refractivity contribution in [2.24, 2.45) is 0 Å². The van der Waals surface area contributed by atoms with Gasteiger partial charge in [0.1, 0.15) is 18.1 Å². The van der Waals surface area contributed by atoms with Gasteiger partial charge in [-0.25, -0.2) is 4.79 Å². The summed E-state index contributed by atoms with van der Waals surface area (Å²) in [5.74, 6) is 0.208. The lowest BCUT2D eigenvalue weighted by Gasteiger charge is -2.10. The zero-order chi connectivity index (χ0) is 20.1. The number of halogens is 1. The zero-order valence-corrected chi connectivity index (χ0v) is 16.4. The summed E-state index contributed by atoms with van der Waals surface area (Å²) in [4.78, 5) is 25.1. The average Bonchev–Trinajstić information content (AvgIpc) is 2.95. The van der Waals surface area contributed by atoms with E-state index in [9.17, 15) is 9.59 Å². The molecule has 1 heterocycles. The summed E-state index contributed by atoms with van der Waals surface area (Å²) in [6.45, 7) is 3.96. The number of nitrogens with zero attached hydrogens (tertiary/aromatic N) is 2. The number of carbonyl (C=O) groups excluding carboxylic acids is 2. The number of benzene rings is 2. The molecule has 1 fully saturated rings. The van der Waals surface area contributed by atoms with Gasteiger partial charge in [-0.15, -0.1) is 6.58 Å². The molecule has 1 aliphatic heterocycles. The van der Waals surface area contributed by atoms with Crippen molar-refractivity contribution in [3.63, 3.8) is 0 Å². The minimum atomic E-state index is -0.466. The van der Waals surface area contributed by atoms with Crippen LogP contribution in [0.1, 0.15) is 16.7 Å². The maximum atomic E-state index is 12.2. The Hall–Kier alpha value is -3.37. The van der Waals surface area contributed by atoms with Crippen molar-refractivity contribution in [3.8, 4) is 11.8 Å². The van der Waals surface area contributed by atoms with Gasteiger partial charge in [0, 0.05) is 12.1 Å². The molecule has 0 spiro atoms. The molecular weight excluding hydrogens is 422 g/mol. The van der Waals surface area contributed by atoms with Gasteiger partial charge < -0.3 is 10.1 Å². The monoisotopic (exact) mass is 437 g/mol. The molecule has 3 amide bonds. The molecule has 7 heteroatoms. The van der Waals surface area contributed by atoms with Gasteiger partial charge in [0.15, 0.2) is 0 Å². The SMILES string of the molecule is C=CCN1C(=O)N/C(=C/c2ccc(OCc3ccccc3C#N)c(Br)c2)C1=O. The summed E-state index contributed by atoms with van der Waals surface area (Å²) in [7, 11) is 0. The first kappa shape index (κ1) is 19.4. The minimum absolute atomic E-state index is 0.155. The summed E-state index contributed by atoms with van der Waals surface area (Å²) < 4.78 is 6.49. The smallest absolute Gasteiger partial charge is 0.329 e. The van der Waals surface area contributed by atoms with Crippen molar-refractivity contribution in [2.75, 3.05) is 6.54 Å². The van der Waals surface area contributed by atoms with Crippen molar-refractivity contribution in [1.82, 2.24) is 10.2 Å². The second-order valence-electron chi connectivity index (χ2n) is 5.94. The molecule has 3 rings (SSSR count). The van der Waals surface area contributed by atoms with Crippen molar-refractivity contribution in [1.29, 1.82) is 5.26 Å². The molecule has 0 bridgehead atoms. The van der Waals surface area contributed by atoms with Gasteiger partial charge in [0.2, 0.25) is 0 Å². The average molecular weight is 438 g/mol. The van der Waals surface area contributed by atoms with Gasteiger partial charge >= 0.3 is 6.03 Å². The maximum absolute atomic E-state index is 12.2. The lowest BCUT2D eigenvalue weighted by molar-refractivity contribution is -0.122. The lowest BCUT2D eigenvalue weighted by Crippen LogP contribution is -2.30. The van der Waals surface area contributed by atoms with E-state index in [-0.39, 0.29) is 18.8 Å². The van der Waals surface area contributed by atoms with Crippen molar-refractivity contribution in [3.05, 3.63) is 82.0 Å². The molecule has 2 aromatic rings. The lowest BCUT2D eigenvalue weighted by atomic mass is 10.1. The quantitative estimate of drug-likeness (QED) is 0.420. The van der Waals surface area contributed by atoms with Crippen LogP contribution < -0.4 is 10.1 Å². The van der Waals surface area contributed by atoms with Gasteiger partial charge in [-0.2, -0.15) is 5.26 Å². The molecule has 1 saturated heterocycles. The fraction of sp³-hybridized carbons (Fsp3) is 0.0952. The van der Waals surface area contributed by atoms with E-state index in [1.807, 2.05) is 12.1 Å². The molecule has 6 nitrogen and oxygen atoms in total. The summed E-state index contributed by atoms with van der Waals surface area (Å²) in [6, 6.07) is 14.2. The Kier molecular flexibility index (Phi) is 5.92. The molecule has 140 valence electrons. The van der Waals surface area contributed by atoms with Gasteiger partial charge in [0.25, 0.3) is 5.91 Å². The second kappa shape index (κ2) is 8.55. The van der Waals surface area contributed by atoms with E-state index in [0.29, 0.717) is 15.8 Å². The highest BCUT2D eigenvalue weighted by atomic mass is 79.9. The fourth-order valence-electron chi connectivity index (χ4n) is 2.67. The van der Waals surface area contributed by atoms with Crippen LogP contribution in [0.15, 0.2) is 65.3 Å². The van der Waals surface area contributed by atoms with Crippen molar-refractivity contribution < 1.29 is 14.3 Å². The summed E-state index contributed by atoms with van der Waals surface area (Å²) in [5, 5.41) is 11.7. The number of nitrogens with one attached hydrogen (secondary N) is 1. The standard InChI is InChI=1S/C21H16BrN3O3/c1-2-9-25-20(26)18(24-21(25)27)11-14-7-8-19(17(22)10-14)28-13-16-6-4-3-5-15(16)12-23/h2-8,10-11H,1,9,13H2,(H,24,27)/b18-11+. The Morgan fingerprint density at radius 3 is 2.75 bits per heavy atom. The number of urea groups is 1. The van der Waals surface area contributed by atoms with E-state index < -0.39 is 11.9 Å². The highest BCUT2D eigenvalue weighted by molar-refractivity contribution is 9.10. The van der Waals surface area contributed by atoms with Crippen LogP contribution >= 0.6 is 15.9 Å². The van der Waals surface area contributed by atoms with Crippen LogP contribution in [0.3, 0.4) is 0 Å². The first-order valence-electron chi connectivity index (χ1n) is 8.39. The van der Waals surface area contributed by atoms with E-state index >= 15 is 0 Å². The number of hydrogen-bond donors (Lipinski definition) is 1. The van der Waals surface area contributed by atoms with E-state index in [0.717, 1.165) is 16.0 Å². The molecule has 0 aliphatic carbocycles. The number of carbonyl (C=O) groups is 2.